The zero-order valence-electron chi connectivity index (χ0n) is 12.5. The normalized spacial score (nSPS) is 24.2. The van der Waals surface area contributed by atoms with Gasteiger partial charge in [0, 0.05) is 12.6 Å². The molecule has 1 aromatic rings. The molecule has 1 saturated heterocycles. The molecule has 0 amide bonds. The molecule has 2 atom stereocenters. The third-order valence-electron chi connectivity index (χ3n) is 3.83. The molecule has 0 saturated carbocycles. The van der Waals surface area contributed by atoms with E-state index >= 15 is 0 Å². The molecule has 21 heavy (non-hydrogen) atoms. The predicted molar refractivity (Wildman–Crippen MR) is 80.5 cm³/mol. The average Bonchev–Trinajstić information content (AvgIpc) is 2.43. The molecule has 0 aliphatic carbocycles. The lowest BCUT2D eigenvalue weighted by atomic mass is 10.1. The molecule has 1 fully saturated rings. The molecule has 6 nitrogen and oxygen atoms in total. The number of benzene rings is 1. The van der Waals surface area contributed by atoms with Gasteiger partial charge in [-0.1, -0.05) is 12.1 Å². The summed E-state index contributed by atoms with van der Waals surface area (Å²) in [7, 11) is -3.72. The van der Waals surface area contributed by atoms with Crippen LogP contribution in [-0.4, -0.2) is 49.7 Å². The van der Waals surface area contributed by atoms with E-state index in [1.807, 2.05) is 6.07 Å². The third kappa shape index (κ3) is 2.91. The molecule has 1 heterocycles. The number of aryl methyl sites for hydroxylation is 2. The van der Waals surface area contributed by atoms with Crippen LogP contribution in [0.15, 0.2) is 17.0 Å². The number of sulfonamides is 1. The Morgan fingerprint density at radius 3 is 2.62 bits per heavy atom. The molecule has 0 bridgehead atoms. The molecule has 2 rings (SSSR count). The first kappa shape index (κ1) is 16.2. The number of aliphatic hydroxyl groups excluding tert-OH is 1. The Kier molecular flexibility index (Phi) is 4.57. The lowest BCUT2D eigenvalue weighted by Gasteiger charge is -2.36. The molecule has 0 aromatic heterocycles. The topological polar surface area (TPSA) is 92.9 Å². The molecule has 118 valence electrons. The Morgan fingerprint density at radius 2 is 2.00 bits per heavy atom. The molecule has 2 unspecified atom stereocenters. The number of nitrogens with zero attached hydrogens (tertiary/aromatic N) is 1. The van der Waals surface area contributed by atoms with Gasteiger partial charge in [-0.25, -0.2) is 8.42 Å². The second kappa shape index (κ2) is 5.92. The summed E-state index contributed by atoms with van der Waals surface area (Å²) in [5, 5.41) is 9.21. The van der Waals surface area contributed by atoms with Crippen LogP contribution in [0.4, 0.5) is 5.69 Å². The van der Waals surface area contributed by atoms with Crippen molar-refractivity contribution in [3.05, 3.63) is 23.3 Å². The number of anilines is 1. The SMILES string of the molecule is Cc1ccc(C)c(S(=O)(=O)N2CC(CO)OCC2C)c1N. The highest BCUT2D eigenvalue weighted by molar-refractivity contribution is 7.89. The van der Waals surface area contributed by atoms with Gasteiger partial charge in [-0.05, 0) is 31.9 Å². The van der Waals surface area contributed by atoms with Gasteiger partial charge in [0.1, 0.15) is 4.90 Å². The first-order chi connectivity index (χ1) is 9.78. The summed E-state index contributed by atoms with van der Waals surface area (Å²) in [6.45, 7) is 5.49. The van der Waals surface area contributed by atoms with Gasteiger partial charge >= 0.3 is 0 Å². The maximum absolute atomic E-state index is 13.0. The Morgan fingerprint density at radius 1 is 1.38 bits per heavy atom. The summed E-state index contributed by atoms with van der Waals surface area (Å²) in [6, 6.07) is 3.27. The lowest BCUT2D eigenvalue weighted by molar-refractivity contribution is -0.0516. The minimum Gasteiger partial charge on any atom is -0.397 e. The number of rotatable bonds is 3. The Hall–Kier alpha value is -1.15. The van der Waals surface area contributed by atoms with E-state index in [0.717, 1.165) is 5.56 Å². The molecule has 0 spiro atoms. The van der Waals surface area contributed by atoms with Crippen molar-refractivity contribution in [2.75, 3.05) is 25.5 Å². The minimum atomic E-state index is -3.72. The van der Waals surface area contributed by atoms with E-state index < -0.39 is 16.1 Å². The number of hydrogen-bond donors (Lipinski definition) is 2. The quantitative estimate of drug-likeness (QED) is 0.799. The van der Waals surface area contributed by atoms with Crippen molar-refractivity contribution in [1.29, 1.82) is 0 Å². The fourth-order valence-electron chi connectivity index (χ4n) is 2.50. The molecule has 7 heteroatoms. The molecule has 0 radical (unpaired) electrons. The number of hydrogen-bond acceptors (Lipinski definition) is 5. The number of nitrogens with two attached hydrogens (primary N) is 1. The van der Waals surface area contributed by atoms with Gasteiger partial charge < -0.3 is 15.6 Å². The van der Waals surface area contributed by atoms with Crippen molar-refractivity contribution in [2.45, 2.75) is 37.8 Å². The van der Waals surface area contributed by atoms with E-state index in [0.29, 0.717) is 5.56 Å². The summed E-state index contributed by atoms with van der Waals surface area (Å²) in [5.74, 6) is 0. The summed E-state index contributed by atoms with van der Waals surface area (Å²) >= 11 is 0. The molecule has 1 aliphatic rings. The van der Waals surface area contributed by atoms with E-state index in [4.69, 9.17) is 10.5 Å². The minimum absolute atomic E-state index is 0.132. The summed E-state index contributed by atoms with van der Waals surface area (Å²) in [5.41, 5.74) is 7.65. The van der Waals surface area contributed by atoms with Crippen molar-refractivity contribution >= 4 is 15.7 Å². The number of aliphatic hydroxyl groups is 1. The molecule has 3 N–H and O–H groups in total. The van der Waals surface area contributed by atoms with Crippen molar-refractivity contribution in [1.82, 2.24) is 4.31 Å². The molecule has 1 aromatic carbocycles. The molecular weight excluding hydrogens is 292 g/mol. The highest BCUT2D eigenvalue weighted by Gasteiger charge is 2.37. The van der Waals surface area contributed by atoms with Crippen molar-refractivity contribution in [2.24, 2.45) is 0 Å². The van der Waals surface area contributed by atoms with E-state index in [9.17, 15) is 13.5 Å². The van der Waals surface area contributed by atoms with Crippen molar-refractivity contribution < 1.29 is 18.3 Å². The van der Waals surface area contributed by atoms with Gasteiger partial charge in [-0.2, -0.15) is 4.31 Å². The predicted octanol–water partition coefficient (Wildman–Crippen LogP) is 0.656. The molecule has 1 aliphatic heterocycles. The number of ether oxygens (including phenoxy) is 1. The highest BCUT2D eigenvalue weighted by Crippen LogP contribution is 2.31. The largest absolute Gasteiger partial charge is 0.397 e. The lowest BCUT2D eigenvalue weighted by Crippen LogP contribution is -2.52. The monoisotopic (exact) mass is 314 g/mol. The smallest absolute Gasteiger partial charge is 0.245 e. The van der Waals surface area contributed by atoms with Crippen molar-refractivity contribution in [3.8, 4) is 0 Å². The van der Waals surface area contributed by atoms with E-state index in [-0.39, 0.29) is 36.4 Å². The van der Waals surface area contributed by atoms with E-state index in [1.165, 1.54) is 4.31 Å². The summed E-state index contributed by atoms with van der Waals surface area (Å²) < 4.78 is 32.7. The van der Waals surface area contributed by atoms with Crippen LogP contribution < -0.4 is 5.73 Å². The van der Waals surface area contributed by atoms with Gasteiger partial charge in [0.2, 0.25) is 10.0 Å². The van der Waals surface area contributed by atoms with Gasteiger partial charge in [0.15, 0.2) is 0 Å². The summed E-state index contributed by atoms with van der Waals surface area (Å²) in [6.07, 6.45) is -0.498. The van der Waals surface area contributed by atoms with Crippen LogP contribution in [0.1, 0.15) is 18.1 Å². The Bertz CT molecular complexity index is 630. The maximum Gasteiger partial charge on any atom is 0.245 e. The van der Waals surface area contributed by atoms with Crippen LogP contribution in [-0.2, 0) is 14.8 Å². The first-order valence-electron chi connectivity index (χ1n) is 6.89. The zero-order chi connectivity index (χ0) is 15.8. The average molecular weight is 314 g/mol. The maximum atomic E-state index is 13.0. The second-order valence-corrected chi connectivity index (χ2v) is 7.33. The fraction of sp³-hybridized carbons (Fsp3) is 0.571. The van der Waals surface area contributed by atoms with Crippen LogP contribution in [0, 0.1) is 13.8 Å². The third-order valence-corrected chi connectivity index (χ3v) is 6.01. The number of morpholine rings is 1. The fourth-order valence-corrected chi connectivity index (χ4v) is 4.55. The van der Waals surface area contributed by atoms with Crippen molar-refractivity contribution in [3.63, 3.8) is 0 Å². The molecular formula is C14H22N2O4S. The highest BCUT2D eigenvalue weighted by atomic mass is 32.2. The summed E-state index contributed by atoms with van der Waals surface area (Å²) in [4.78, 5) is 0.160. The van der Waals surface area contributed by atoms with Crippen LogP contribution in [0.3, 0.4) is 0 Å². The van der Waals surface area contributed by atoms with Crippen LogP contribution >= 0.6 is 0 Å². The van der Waals surface area contributed by atoms with Crippen LogP contribution in [0.2, 0.25) is 0 Å². The Balaban J connectivity index is 2.49. The van der Waals surface area contributed by atoms with Gasteiger partial charge in [0.05, 0.1) is 25.0 Å². The van der Waals surface area contributed by atoms with Gasteiger partial charge in [-0.3, -0.25) is 0 Å². The Labute approximate surface area is 125 Å². The van der Waals surface area contributed by atoms with E-state index in [1.54, 1.807) is 26.8 Å². The first-order valence-corrected chi connectivity index (χ1v) is 8.33. The van der Waals surface area contributed by atoms with Gasteiger partial charge in [0.25, 0.3) is 0 Å². The number of nitrogen functional groups attached to an aromatic ring is 1. The standard InChI is InChI=1S/C14H22N2O4S/c1-9-4-5-10(2)14(13(9)15)21(18,19)16-6-12(7-17)20-8-11(16)3/h4-5,11-12,17H,6-8,15H2,1-3H3. The van der Waals surface area contributed by atoms with Crippen LogP contribution in [0.25, 0.3) is 0 Å². The van der Waals surface area contributed by atoms with Gasteiger partial charge in [-0.15, -0.1) is 0 Å². The zero-order valence-corrected chi connectivity index (χ0v) is 13.4. The second-order valence-electron chi connectivity index (χ2n) is 5.50. The van der Waals surface area contributed by atoms with E-state index in [2.05, 4.69) is 0 Å². The van der Waals surface area contributed by atoms with Crippen LogP contribution in [0.5, 0.6) is 0 Å².